The van der Waals surface area contributed by atoms with E-state index in [1.807, 2.05) is 20.9 Å². The Morgan fingerprint density at radius 1 is 0.952 bits per heavy atom. The first-order chi connectivity index (χ1) is 10.1. The van der Waals surface area contributed by atoms with E-state index in [0.717, 1.165) is 30.4 Å². The van der Waals surface area contributed by atoms with Crippen molar-refractivity contribution in [1.82, 2.24) is 24.7 Å². The lowest BCUT2D eigenvalue weighted by Gasteiger charge is -2.16. The van der Waals surface area contributed by atoms with E-state index in [1.54, 1.807) is 4.68 Å². The van der Waals surface area contributed by atoms with Crippen LogP contribution in [0.4, 0.5) is 11.9 Å². The zero-order valence-corrected chi connectivity index (χ0v) is 13.0. The smallest absolute Gasteiger partial charge is 0.257 e. The quantitative estimate of drug-likeness (QED) is 0.925. The molecule has 1 saturated heterocycles. The summed E-state index contributed by atoms with van der Waals surface area (Å²) in [7, 11) is 1.82. The third-order valence-electron chi connectivity index (χ3n) is 4.07. The van der Waals surface area contributed by atoms with Crippen LogP contribution in [0.1, 0.15) is 29.8 Å². The molecule has 7 heteroatoms. The molecule has 0 bridgehead atoms. The largest absolute Gasteiger partial charge is 0.357 e. The molecule has 0 aromatic carbocycles. The molecule has 0 spiro atoms. The first-order valence-electron chi connectivity index (χ1n) is 7.32. The summed E-state index contributed by atoms with van der Waals surface area (Å²) in [5.74, 6) is 1.88. The summed E-state index contributed by atoms with van der Waals surface area (Å²) >= 11 is 0. The first kappa shape index (κ1) is 13.8. The summed E-state index contributed by atoms with van der Waals surface area (Å²) in [6.45, 7) is 8.11. The van der Waals surface area contributed by atoms with Gasteiger partial charge in [-0.05, 0) is 39.2 Å². The minimum absolute atomic E-state index is 0.574. The molecule has 0 aliphatic carbocycles. The first-order valence-corrected chi connectivity index (χ1v) is 7.32. The second kappa shape index (κ2) is 5.31. The Labute approximate surface area is 124 Å². The highest BCUT2D eigenvalue weighted by molar-refractivity contribution is 5.41. The maximum atomic E-state index is 4.61. The molecule has 7 nitrogen and oxygen atoms in total. The lowest BCUT2D eigenvalue weighted by atomic mass is 10.2. The molecular formula is C14H21N7. The molecule has 1 aliphatic rings. The van der Waals surface area contributed by atoms with E-state index in [1.165, 1.54) is 18.4 Å². The summed E-state index contributed by atoms with van der Waals surface area (Å²) in [4.78, 5) is 15.7. The van der Waals surface area contributed by atoms with Gasteiger partial charge in [0.15, 0.2) is 0 Å². The molecule has 1 N–H and O–H groups in total. The average molecular weight is 287 g/mol. The van der Waals surface area contributed by atoms with E-state index in [4.69, 9.17) is 0 Å². The van der Waals surface area contributed by atoms with Gasteiger partial charge in [-0.1, -0.05) is 0 Å². The third kappa shape index (κ3) is 2.43. The Morgan fingerprint density at radius 3 is 2.19 bits per heavy atom. The third-order valence-corrected chi connectivity index (χ3v) is 4.07. The van der Waals surface area contributed by atoms with Crippen LogP contribution < -0.4 is 10.2 Å². The number of nitrogens with zero attached hydrogens (tertiary/aromatic N) is 6. The molecular weight excluding hydrogens is 266 g/mol. The molecule has 0 amide bonds. The number of anilines is 2. The van der Waals surface area contributed by atoms with Crippen molar-refractivity contribution in [3.63, 3.8) is 0 Å². The summed E-state index contributed by atoms with van der Waals surface area (Å²) in [6, 6.07) is 0. The summed E-state index contributed by atoms with van der Waals surface area (Å²) < 4.78 is 1.80. The SMILES string of the molecule is CNc1nc(N2CCCC2)nc(-n2nc(C)c(C)c2C)n1. The molecule has 3 heterocycles. The number of hydrogen-bond acceptors (Lipinski definition) is 6. The Hall–Kier alpha value is -2.18. The van der Waals surface area contributed by atoms with E-state index in [9.17, 15) is 0 Å². The van der Waals surface area contributed by atoms with Gasteiger partial charge < -0.3 is 10.2 Å². The highest BCUT2D eigenvalue weighted by Crippen LogP contribution is 2.20. The monoisotopic (exact) mass is 287 g/mol. The number of aryl methyl sites for hydroxylation is 1. The van der Waals surface area contributed by atoms with Crippen molar-refractivity contribution in [3.05, 3.63) is 17.0 Å². The predicted octanol–water partition coefficient (Wildman–Crippen LogP) is 1.62. The van der Waals surface area contributed by atoms with Gasteiger partial charge in [0, 0.05) is 25.8 Å². The van der Waals surface area contributed by atoms with Crippen LogP contribution in [0.5, 0.6) is 0 Å². The summed E-state index contributed by atoms with van der Waals surface area (Å²) in [5.41, 5.74) is 3.24. The molecule has 0 radical (unpaired) electrons. The Morgan fingerprint density at radius 2 is 1.62 bits per heavy atom. The van der Waals surface area contributed by atoms with Gasteiger partial charge in [-0.2, -0.15) is 20.1 Å². The van der Waals surface area contributed by atoms with Gasteiger partial charge in [0.1, 0.15) is 0 Å². The number of aromatic nitrogens is 5. The highest BCUT2D eigenvalue weighted by atomic mass is 15.4. The molecule has 21 heavy (non-hydrogen) atoms. The molecule has 1 aliphatic heterocycles. The molecule has 1 fully saturated rings. The standard InChI is InChI=1S/C14H21N7/c1-9-10(2)19-21(11(9)3)14-17-12(15-4)16-13(18-14)20-7-5-6-8-20/h5-8H2,1-4H3,(H,15,16,17,18). The predicted molar refractivity (Wildman–Crippen MR) is 82.2 cm³/mol. The van der Waals surface area contributed by atoms with Crippen molar-refractivity contribution >= 4 is 11.9 Å². The Kier molecular flexibility index (Phi) is 3.48. The van der Waals surface area contributed by atoms with E-state index < -0.39 is 0 Å². The maximum absolute atomic E-state index is 4.61. The van der Waals surface area contributed by atoms with Crippen molar-refractivity contribution in [2.45, 2.75) is 33.6 Å². The minimum Gasteiger partial charge on any atom is -0.357 e. The summed E-state index contributed by atoms with van der Waals surface area (Å²) in [6.07, 6.45) is 2.38. The average Bonchev–Trinajstić information content (AvgIpc) is 3.12. The highest BCUT2D eigenvalue weighted by Gasteiger charge is 2.19. The topological polar surface area (TPSA) is 71.8 Å². The van der Waals surface area contributed by atoms with Crippen LogP contribution in [0.15, 0.2) is 0 Å². The van der Waals surface area contributed by atoms with Crippen molar-refractivity contribution in [3.8, 4) is 5.95 Å². The van der Waals surface area contributed by atoms with Crippen LogP contribution in [0.25, 0.3) is 5.95 Å². The normalized spacial score (nSPS) is 14.8. The van der Waals surface area contributed by atoms with Crippen LogP contribution in [0.3, 0.4) is 0 Å². The van der Waals surface area contributed by atoms with Crippen LogP contribution in [-0.2, 0) is 0 Å². The van der Waals surface area contributed by atoms with Crippen molar-refractivity contribution in [2.24, 2.45) is 0 Å². The molecule has 112 valence electrons. The fourth-order valence-corrected chi connectivity index (χ4v) is 2.53. The molecule has 0 saturated carbocycles. The molecule has 3 rings (SSSR count). The number of rotatable bonds is 3. The number of hydrogen-bond donors (Lipinski definition) is 1. The molecule has 2 aromatic heterocycles. The zero-order valence-electron chi connectivity index (χ0n) is 13.0. The van der Waals surface area contributed by atoms with Gasteiger partial charge >= 0.3 is 0 Å². The van der Waals surface area contributed by atoms with E-state index >= 15 is 0 Å². The molecule has 0 atom stereocenters. The van der Waals surface area contributed by atoms with E-state index in [-0.39, 0.29) is 0 Å². The van der Waals surface area contributed by atoms with Gasteiger partial charge in [0.25, 0.3) is 5.95 Å². The number of nitrogens with one attached hydrogen (secondary N) is 1. The van der Waals surface area contributed by atoms with Crippen LogP contribution >= 0.6 is 0 Å². The van der Waals surface area contributed by atoms with Crippen molar-refractivity contribution < 1.29 is 0 Å². The van der Waals surface area contributed by atoms with Crippen molar-refractivity contribution in [1.29, 1.82) is 0 Å². The Balaban J connectivity index is 2.08. The van der Waals surface area contributed by atoms with Gasteiger partial charge in [-0.3, -0.25) is 0 Å². The van der Waals surface area contributed by atoms with Gasteiger partial charge in [-0.25, -0.2) is 4.68 Å². The van der Waals surface area contributed by atoms with Crippen LogP contribution in [0.2, 0.25) is 0 Å². The Bertz CT molecular complexity index is 656. The fraction of sp³-hybridized carbons (Fsp3) is 0.571. The van der Waals surface area contributed by atoms with E-state index in [2.05, 4.69) is 37.2 Å². The molecule has 2 aromatic rings. The lowest BCUT2D eigenvalue weighted by molar-refractivity contribution is 0.754. The van der Waals surface area contributed by atoms with Gasteiger partial charge in [0.05, 0.1) is 5.69 Å². The second-order valence-electron chi connectivity index (χ2n) is 5.41. The fourth-order valence-electron chi connectivity index (χ4n) is 2.53. The van der Waals surface area contributed by atoms with E-state index in [0.29, 0.717) is 11.9 Å². The van der Waals surface area contributed by atoms with Crippen LogP contribution in [-0.4, -0.2) is 44.9 Å². The lowest BCUT2D eigenvalue weighted by Crippen LogP contribution is -2.22. The van der Waals surface area contributed by atoms with Crippen LogP contribution in [0, 0.1) is 20.8 Å². The van der Waals surface area contributed by atoms with Crippen molar-refractivity contribution in [2.75, 3.05) is 30.4 Å². The van der Waals surface area contributed by atoms with Gasteiger partial charge in [-0.15, -0.1) is 0 Å². The second-order valence-corrected chi connectivity index (χ2v) is 5.41. The minimum atomic E-state index is 0.574. The molecule has 0 unspecified atom stereocenters. The maximum Gasteiger partial charge on any atom is 0.257 e. The summed E-state index contributed by atoms with van der Waals surface area (Å²) in [5, 5.41) is 7.55. The van der Waals surface area contributed by atoms with Gasteiger partial charge in [0.2, 0.25) is 11.9 Å². The zero-order chi connectivity index (χ0) is 15.0.